The van der Waals surface area contributed by atoms with Crippen molar-refractivity contribution in [3.8, 4) is 134 Å². The van der Waals surface area contributed by atoms with Crippen LogP contribution in [0.25, 0.3) is 187 Å². The second-order valence-corrected chi connectivity index (χ2v) is 39.7. The fourth-order valence-electron chi connectivity index (χ4n) is 22.1. The van der Waals surface area contributed by atoms with E-state index in [2.05, 4.69) is 606 Å². The number of benzene rings is 25. The van der Waals surface area contributed by atoms with E-state index < -0.39 is 0 Å². The van der Waals surface area contributed by atoms with E-state index in [-0.39, 0.29) is 5.41 Å². The minimum Gasteiger partial charge on any atom is -0.310 e. The molecule has 0 unspecified atom stereocenters. The molecule has 0 saturated heterocycles. The smallest absolute Gasteiger partial charge is 0.0467 e. The Bertz CT molecular complexity index is 9190. The average Bonchev–Trinajstić information content (AvgIpc) is 0.764. The third-order valence-corrected chi connectivity index (χ3v) is 30.0. The fourth-order valence-corrected chi connectivity index (χ4v) is 22.1. The van der Waals surface area contributed by atoms with Crippen molar-refractivity contribution < 1.29 is 0 Å². The van der Waals surface area contributed by atoms with Crippen molar-refractivity contribution in [3.63, 3.8) is 0 Å². The molecule has 3 nitrogen and oxygen atoms in total. The van der Waals surface area contributed by atoms with Gasteiger partial charge in [-0.1, -0.05) is 468 Å². The van der Waals surface area contributed by atoms with Gasteiger partial charge in [-0.25, -0.2) is 0 Å². The standard InChI is InChI=1S/C145H105N3/c1-99-48-50-102(51-49-99)104-56-58-106(59-57-104)110-68-80-126(81-69-110)147(131-38-20-34-119(95-131)136-47-23-30-113-28-10-12-41-134(113)136)128-86-72-112(73-87-128)115-31-18-33-118(92-115)140-90-91-141(144-46-17-16-45-143(140)144)121-36-21-39-132(96-121)146(125-78-66-109(67-79-125)105-54-52-103(53-55-105)100-24-6-4-7-25-100)127-82-70-111(71-83-127)107-62-76-124(77-63-107)145(2,3)98-123-75-89-139(142-44-15-14-43-137(123)142)120-35-22-40-133(97-120)148(129-84-64-108(65-85-129)101-26-8-5-9-27-101)130-37-19-32-116(94-130)117-74-88-138-122(93-117)61-60-114-29-11-13-42-135(114)138/h4-97H,98H2,1-3H3. The Morgan fingerprint density at radius 1 is 0.149 bits per heavy atom. The first kappa shape index (κ1) is 90.5. The molecule has 0 heterocycles. The van der Waals surface area contributed by atoms with Gasteiger partial charge in [0.25, 0.3) is 0 Å². The van der Waals surface area contributed by atoms with Crippen LogP contribution in [-0.2, 0) is 11.8 Å². The molecule has 0 amide bonds. The van der Waals surface area contributed by atoms with Crippen molar-refractivity contribution >= 4 is 105 Å². The van der Waals surface area contributed by atoms with Crippen molar-refractivity contribution in [2.75, 3.05) is 14.7 Å². The maximum atomic E-state index is 2.41. The van der Waals surface area contributed by atoms with Crippen LogP contribution in [0.15, 0.2) is 570 Å². The molecule has 25 aromatic carbocycles. The highest BCUT2D eigenvalue weighted by Gasteiger charge is 2.27. The van der Waals surface area contributed by atoms with E-state index in [1.165, 1.54) is 143 Å². The Morgan fingerprint density at radius 2 is 0.399 bits per heavy atom. The molecule has 0 spiro atoms. The monoisotopic (exact) mass is 1890 g/mol. The minimum atomic E-state index is -0.207. The maximum absolute atomic E-state index is 2.41. The van der Waals surface area contributed by atoms with Crippen LogP contribution in [-0.4, -0.2) is 0 Å². The lowest BCUT2D eigenvalue weighted by Crippen LogP contribution is -2.20. The highest BCUT2D eigenvalue weighted by molar-refractivity contribution is 6.10. The van der Waals surface area contributed by atoms with Crippen LogP contribution < -0.4 is 14.7 Å². The summed E-state index contributed by atoms with van der Waals surface area (Å²) in [5.41, 5.74) is 41.4. The number of hydrogen-bond acceptors (Lipinski definition) is 3. The van der Waals surface area contributed by atoms with E-state index in [0.29, 0.717) is 0 Å². The molecule has 0 aromatic heterocycles. The summed E-state index contributed by atoms with van der Waals surface area (Å²) < 4.78 is 0. The molecule has 0 aliphatic heterocycles. The zero-order chi connectivity index (χ0) is 99.0. The van der Waals surface area contributed by atoms with Crippen LogP contribution >= 0.6 is 0 Å². The topological polar surface area (TPSA) is 9.72 Å². The normalized spacial score (nSPS) is 11.5. The maximum Gasteiger partial charge on any atom is 0.0467 e. The Hall–Kier alpha value is -18.8. The molecule has 0 bridgehead atoms. The molecule has 148 heavy (non-hydrogen) atoms. The first-order valence-electron chi connectivity index (χ1n) is 51.3. The summed E-state index contributed by atoms with van der Waals surface area (Å²) in [5, 5.41) is 12.3. The second kappa shape index (κ2) is 39.5. The van der Waals surface area contributed by atoms with Gasteiger partial charge in [-0.15, -0.1) is 0 Å². The largest absolute Gasteiger partial charge is 0.310 e. The van der Waals surface area contributed by atoms with Crippen LogP contribution in [0.5, 0.6) is 0 Å². The van der Waals surface area contributed by atoms with Crippen LogP contribution in [0, 0.1) is 6.92 Å². The summed E-state index contributed by atoms with van der Waals surface area (Å²) >= 11 is 0. The summed E-state index contributed by atoms with van der Waals surface area (Å²) in [5.74, 6) is 0. The second-order valence-electron chi connectivity index (χ2n) is 39.7. The third kappa shape index (κ3) is 18.1. The van der Waals surface area contributed by atoms with E-state index in [9.17, 15) is 0 Å². The van der Waals surface area contributed by atoms with Crippen LogP contribution in [0.3, 0.4) is 0 Å². The molecule has 0 N–H and O–H groups in total. The lowest BCUT2D eigenvalue weighted by atomic mass is 9.77. The number of hydrogen-bond donors (Lipinski definition) is 0. The Labute approximate surface area is 866 Å². The Balaban J connectivity index is 0.493. The van der Waals surface area contributed by atoms with Gasteiger partial charge in [-0.3, -0.25) is 0 Å². The third-order valence-electron chi connectivity index (χ3n) is 30.0. The van der Waals surface area contributed by atoms with Gasteiger partial charge in [0.2, 0.25) is 0 Å². The predicted molar refractivity (Wildman–Crippen MR) is 631 cm³/mol. The van der Waals surface area contributed by atoms with E-state index in [0.717, 1.165) is 119 Å². The molecule has 0 radical (unpaired) electrons. The number of rotatable bonds is 24. The summed E-state index contributed by atoms with van der Waals surface area (Å²) in [6, 6.07) is 211. The molecule has 3 heteroatoms. The van der Waals surface area contributed by atoms with Crippen LogP contribution in [0.1, 0.15) is 30.5 Å². The zero-order valence-electron chi connectivity index (χ0n) is 82.8. The molecular formula is C145H105N3. The highest BCUT2D eigenvalue weighted by Crippen LogP contribution is 2.49. The van der Waals surface area contributed by atoms with E-state index in [1.54, 1.807) is 0 Å². The molecule has 25 aromatic rings. The summed E-state index contributed by atoms with van der Waals surface area (Å²) in [6.45, 7) is 6.92. The SMILES string of the molecule is Cc1ccc(-c2ccc(-c3ccc(N(c4ccc(-c5cccc(-c6ccc(-c7cccc(N(c8ccc(-c9ccc(-c%10ccccc%10)cc9)cc8)c8ccc(-c9ccc(C(C)(C)Cc%10ccc(-c%11cccc(N(c%12ccc(-c%13ccccc%13)cc%12)c%12cccc(-c%13ccc%14c(ccc%15ccccc%15%14)c%13)c%12)c%11)c%11ccccc%10%11)cc9)cc8)c7)c7ccccc67)c5)cc4)c4cccc(-c5cccc6ccccc56)c4)cc3)cc2)cc1. The van der Waals surface area contributed by atoms with E-state index in [1.807, 2.05) is 0 Å². The van der Waals surface area contributed by atoms with Crippen molar-refractivity contribution in [1.82, 2.24) is 0 Å². The van der Waals surface area contributed by atoms with Gasteiger partial charge >= 0.3 is 0 Å². The lowest BCUT2D eigenvalue weighted by molar-refractivity contribution is 0.524. The average molecular weight is 1890 g/mol. The van der Waals surface area contributed by atoms with Gasteiger partial charge < -0.3 is 14.7 Å². The summed E-state index contributed by atoms with van der Waals surface area (Å²) in [6.07, 6.45) is 0.850. The molecule has 0 saturated carbocycles. The molecule has 25 rings (SSSR count). The molecule has 0 aliphatic rings. The summed E-state index contributed by atoms with van der Waals surface area (Å²) in [7, 11) is 0. The van der Waals surface area contributed by atoms with E-state index >= 15 is 0 Å². The Morgan fingerprint density at radius 3 is 0.831 bits per heavy atom. The van der Waals surface area contributed by atoms with Gasteiger partial charge in [0.1, 0.15) is 0 Å². The van der Waals surface area contributed by atoms with Crippen molar-refractivity contribution in [1.29, 1.82) is 0 Å². The van der Waals surface area contributed by atoms with Crippen LogP contribution in [0.2, 0.25) is 0 Å². The zero-order valence-corrected chi connectivity index (χ0v) is 82.8. The quantitative estimate of drug-likeness (QED) is 0.0558. The van der Waals surface area contributed by atoms with Gasteiger partial charge in [0, 0.05) is 51.2 Å². The number of nitrogens with zero attached hydrogens (tertiary/aromatic N) is 3. The highest BCUT2D eigenvalue weighted by atomic mass is 15.2. The number of anilines is 9. The van der Waals surface area contributed by atoms with Crippen molar-refractivity contribution in [2.45, 2.75) is 32.6 Å². The number of aryl methyl sites for hydroxylation is 1. The Kier molecular flexibility index (Phi) is 24.1. The van der Waals surface area contributed by atoms with Crippen LogP contribution in [0.4, 0.5) is 51.2 Å². The van der Waals surface area contributed by atoms with Crippen molar-refractivity contribution in [2.24, 2.45) is 0 Å². The first-order chi connectivity index (χ1) is 73.0. The minimum absolute atomic E-state index is 0.207. The lowest BCUT2D eigenvalue weighted by Gasteiger charge is -2.28. The molecule has 0 fully saturated rings. The first-order valence-corrected chi connectivity index (χ1v) is 51.3. The van der Waals surface area contributed by atoms with Gasteiger partial charge in [-0.05, 0) is 339 Å². The number of fused-ring (bicyclic) bond motifs is 6. The van der Waals surface area contributed by atoms with Crippen molar-refractivity contribution in [3.05, 3.63) is 587 Å². The summed E-state index contributed by atoms with van der Waals surface area (Å²) in [4.78, 5) is 7.21. The predicted octanol–water partition coefficient (Wildman–Crippen LogP) is 40.7. The van der Waals surface area contributed by atoms with Gasteiger partial charge in [0.15, 0.2) is 0 Å². The fraction of sp³-hybridized carbons (Fsp3) is 0.0345. The molecule has 0 aliphatic carbocycles. The molecular weight excluding hydrogens is 1780 g/mol. The molecule has 0 atom stereocenters. The van der Waals surface area contributed by atoms with E-state index in [4.69, 9.17) is 0 Å². The molecule has 700 valence electrons. The van der Waals surface area contributed by atoms with Gasteiger partial charge in [0.05, 0.1) is 0 Å². The van der Waals surface area contributed by atoms with Gasteiger partial charge in [-0.2, -0.15) is 0 Å².